The van der Waals surface area contributed by atoms with Gasteiger partial charge in [0, 0.05) is 19.3 Å². The van der Waals surface area contributed by atoms with E-state index in [2.05, 4.69) is 19.2 Å². The lowest BCUT2D eigenvalue weighted by atomic mass is 10.00. The molecule has 0 aromatic heterocycles. The second-order valence-corrected chi connectivity index (χ2v) is 4.26. The highest BCUT2D eigenvalue weighted by Gasteiger charge is 2.25. The van der Waals surface area contributed by atoms with Crippen LogP contribution < -0.4 is 5.32 Å². The van der Waals surface area contributed by atoms with Crippen molar-refractivity contribution in [1.29, 1.82) is 0 Å². The average molecular weight is 199 g/mol. The van der Waals surface area contributed by atoms with Crippen LogP contribution in [0.15, 0.2) is 0 Å². The van der Waals surface area contributed by atoms with Crippen LogP contribution in [-0.2, 0) is 4.74 Å². The van der Waals surface area contributed by atoms with Gasteiger partial charge >= 0.3 is 0 Å². The summed E-state index contributed by atoms with van der Waals surface area (Å²) in [7, 11) is 0. The van der Waals surface area contributed by atoms with Crippen molar-refractivity contribution >= 4 is 0 Å². The highest BCUT2D eigenvalue weighted by atomic mass is 16.5. The lowest BCUT2D eigenvalue weighted by molar-refractivity contribution is 0.117. The van der Waals surface area contributed by atoms with Gasteiger partial charge in [0.25, 0.3) is 0 Å². The van der Waals surface area contributed by atoms with Gasteiger partial charge in [-0.05, 0) is 38.1 Å². The van der Waals surface area contributed by atoms with Crippen molar-refractivity contribution in [2.45, 2.75) is 52.0 Å². The number of hydrogen-bond donors (Lipinski definition) is 1. The molecule has 0 radical (unpaired) electrons. The molecule has 0 spiro atoms. The number of ether oxygens (including phenoxy) is 1. The highest BCUT2D eigenvalue weighted by molar-refractivity contribution is 4.82. The van der Waals surface area contributed by atoms with Gasteiger partial charge in [-0.15, -0.1) is 0 Å². The Morgan fingerprint density at radius 3 is 2.79 bits per heavy atom. The topological polar surface area (TPSA) is 21.3 Å². The molecule has 2 nitrogen and oxygen atoms in total. The standard InChI is InChI=1S/C12H25NO/c1-3-9-14-10-8-11-6-5-7-12(11)13-4-2/h11-13H,3-10H2,1-2H3. The smallest absolute Gasteiger partial charge is 0.0469 e. The molecule has 1 fully saturated rings. The van der Waals surface area contributed by atoms with Crippen molar-refractivity contribution in [3.63, 3.8) is 0 Å². The van der Waals surface area contributed by atoms with Gasteiger partial charge in [-0.3, -0.25) is 0 Å². The van der Waals surface area contributed by atoms with Crippen molar-refractivity contribution in [2.75, 3.05) is 19.8 Å². The fraction of sp³-hybridized carbons (Fsp3) is 1.00. The van der Waals surface area contributed by atoms with Crippen molar-refractivity contribution in [1.82, 2.24) is 5.32 Å². The first-order valence-electron chi connectivity index (χ1n) is 6.19. The van der Waals surface area contributed by atoms with Crippen molar-refractivity contribution in [3.8, 4) is 0 Å². The predicted octanol–water partition coefficient (Wildman–Crippen LogP) is 2.58. The van der Waals surface area contributed by atoms with Crippen LogP contribution in [0.3, 0.4) is 0 Å². The van der Waals surface area contributed by atoms with E-state index in [1.165, 1.54) is 25.7 Å². The molecule has 0 aromatic rings. The maximum atomic E-state index is 5.54. The van der Waals surface area contributed by atoms with E-state index in [0.29, 0.717) is 0 Å². The van der Waals surface area contributed by atoms with E-state index >= 15 is 0 Å². The summed E-state index contributed by atoms with van der Waals surface area (Å²) < 4.78 is 5.54. The van der Waals surface area contributed by atoms with E-state index in [-0.39, 0.29) is 0 Å². The molecule has 1 aliphatic rings. The van der Waals surface area contributed by atoms with Crippen molar-refractivity contribution < 1.29 is 4.74 Å². The molecule has 0 bridgehead atoms. The molecule has 0 amide bonds. The first kappa shape index (κ1) is 12.0. The Bertz CT molecular complexity index is 138. The summed E-state index contributed by atoms with van der Waals surface area (Å²) in [6.45, 7) is 7.36. The number of nitrogens with one attached hydrogen (secondary N) is 1. The second-order valence-electron chi connectivity index (χ2n) is 4.26. The van der Waals surface area contributed by atoms with Gasteiger partial charge in [0.05, 0.1) is 0 Å². The first-order valence-corrected chi connectivity index (χ1v) is 6.19. The van der Waals surface area contributed by atoms with Crippen LogP contribution >= 0.6 is 0 Å². The highest BCUT2D eigenvalue weighted by Crippen LogP contribution is 2.28. The van der Waals surface area contributed by atoms with E-state index < -0.39 is 0 Å². The minimum atomic E-state index is 0.769. The molecule has 1 rings (SSSR count). The molecule has 0 heterocycles. The average Bonchev–Trinajstić information content (AvgIpc) is 2.61. The fourth-order valence-corrected chi connectivity index (χ4v) is 2.39. The summed E-state index contributed by atoms with van der Waals surface area (Å²) in [4.78, 5) is 0. The molecule has 1 saturated carbocycles. The summed E-state index contributed by atoms with van der Waals surface area (Å²) in [6, 6.07) is 0.769. The molecule has 2 unspecified atom stereocenters. The monoisotopic (exact) mass is 199 g/mol. The second kappa shape index (κ2) is 7.24. The molecule has 0 aromatic carbocycles. The van der Waals surface area contributed by atoms with Crippen LogP contribution in [0.4, 0.5) is 0 Å². The summed E-state index contributed by atoms with van der Waals surface area (Å²) in [6.07, 6.45) is 6.55. The molecule has 14 heavy (non-hydrogen) atoms. The third kappa shape index (κ3) is 3.97. The number of rotatable bonds is 7. The Labute approximate surface area is 88.4 Å². The van der Waals surface area contributed by atoms with Gasteiger partial charge in [0.2, 0.25) is 0 Å². The van der Waals surface area contributed by atoms with Gasteiger partial charge in [0.15, 0.2) is 0 Å². The van der Waals surface area contributed by atoms with Crippen molar-refractivity contribution in [2.24, 2.45) is 5.92 Å². The molecule has 1 N–H and O–H groups in total. The van der Waals surface area contributed by atoms with Gasteiger partial charge in [-0.1, -0.05) is 20.3 Å². The van der Waals surface area contributed by atoms with E-state index in [0.717, 1.165) is 38.1 Å². The molecular weight excluding hydrogens is 174 g/mol. The van der Waals surface area contributed by atoms with Crippen molar-refractivity contribution in [3.05, 3.63) is 0 Å². The molecule has 0 aliphatic heterocycles. The zero-order valence-electron chi connectivity index (χ0n) is 9.72. The van der Waals surface area contributed by atoms with Gasteiger partial charge in [-0.25, -0.2) is 0 Å². The zero-order chi connectivity index (χ0) is 10.2. The third-order valence-electron chi connectivity index (χ3n) is 3.11. The molecule has 2 atom stereocenters. The number of hydrogen-bond acceptors (Lipinski definition) is 2. The van der Waals surface area contributed by atoms with E-state index in [9.17, 15) is 0 Å². The Balaban J connectivity index is 2.09. The molecule has 0 saturated heterocycles. The molecule has 1 aliphatic carbocycles. The van der Waals surface area contributed by atoms with Crippen LogP contribution in [0.1, 0.15) is 46.0 Å². The zero-order valence-corrected chi connectivity index (χ0v) is 9.72. The van der Waals surface area contributed by atoms with Crippen LogP contribution in [0.25, 0.3) is 0 Å². The van der Waals surface area contributed by atoms with Gasteiger partial charge in [0.1, 0.15) is 0 Å². The minimum absolute atomic E-state index is 0.769. The predicted molar refractivity (Wildman–Crippen MR) is 60.5 cm³/mol. The van der Waals surface area contributed by atoms with Crippen LogP contribution in [0.5, 0.6) is 0 Å². The van der Waals surface area contributed by atoms with Crippen LogP contribution in [-0.4, -0.2) is 25.8 Å². The summed E-state index contributed by atoms with van der Waals surface area (Å²) in [5.74, 6) is 0.867. The molecule has 84 valence electrons. The summed E-state index contributed by atoms with van der Waals surface area (Å²) >= 11 is 0. The first-order chi connectivity index (χ1) is 6.88. The van der Waals surface area contributed by atoms with E-state index in [1.807, 2.05) is 0 Å². The van der Waals surface area contributed by atoms with Crippen LogP contribution in [0, 0.1) is 5.92 Å². The minimum Gasteiger partial charge on any atom is -0.381 e. The maximum absolute atomic E-state index is 5.54. The SMILES string of the molecule is CCCOCCC1CCCC1NCC. The third-order valence-corrected chi connectivity index (χ3v) is 3.11. The fourth-order valence-electron chi connectivity index (χ4n) is 2.39. The Morgan fingerprint density at radius 1 is 1.21 bits per heavy atom. The Morgan fingerprint density at radius 2 is 2.07 bits per heavy atom. The van der Waals surface area contributed by atoms with E-state index in [4.69, 9.17) is 4.74 Å². The molecular formula is C12H25NO. The Hall–Kier alpha value is -0.0800. The molecule has 2 heteroatoms. The quantitative estimate of drug-likeness (QED) is 0.636. The van der Waals surface area contributed by atoms with E-state index in [1.54, 1.807) is 0 Å². The van der Waals surface area contributed by atoms with Crippen LogP contribution in [0.2, 0.25) is 0 Å². The lowest BCUT2D eigenvalue weighted by Crippen LogP contribution is -2.32. The summed E-state index contributed by atoms with van der Waals surface area (Å²) in [5.41, 5.74) is 0. The normalized spacial score (nSPS) is 27.0. The van der Waals surface area contributed by atoms with Gasteiger partial charge < -0.3 is 10.1 Å². The lowest BCUT2D eigenvalue weighted by Gasteiger charge is -2.20. The van der Waals surface area contributed by atoms with Gasteiger partial charge in [-0.2, -0.15) is 0 Å². The maximum Gasteiger partial charge on any atom is 0.0469 e. The largest absolute Gasteiger partial charge is 0.381 e. The Kier molecular flexibility index (Phi) is 6.20. The summed E-state index contributed by atoms with van der Waals surface area (Å²) in [5, 5.41) is 3.58.